The predicted octanol–water partition coefficient (Wildman–Crippen LogP) is 3.96. The van der Waals surface area contributed by atoms with Crippen LogP contribution in [0, 0.1) is 5.82 Å². The molecule has 0 aromatic heterocycles. The zero-order valence-electron chi connectivity index (χ0n) is 12.1. The van der Waals surface area contributed by atoms with Crippen molar-refractivity contribution in [2.45, 2.75) is 57.7 Å². The van der Waals surface area contributed by atoms with Crippen molar-refractivity contribution in [3.63, 3.8) is 0 Å². The highest BCUT2D eigenvalue weighted by molar-refractivity contribution is 6.30. The summed E-state index contributed by atoms with van der Waals surface area (Å²) in [4.78, 5) is 2.50. The first kappa shape index (κ1) is 15.7. The van der Waals surface area contributed by atoms with Gasteiger partial charge in [0, 0.05) is 18.6 Å². The maximum atomic E-state index is 13.2. The van der Waals surface area contributed by atoms with Crippen molar-refractivity contribution >= 4 is 11.6 Å². The molecule has 1 aromatic rings. The van der Waals surface area contributed by atoms with Crippen LogP contribution in [0.5, 0.6) is 0 Å². The summed E-state index contributed by atoms with van der Waals surface area (Å²) in [6.07, 6.45) is 5.66. The number of hydrogen-bond acceptors (Lipinski definition) is 2. The third kappa shape index (κ3) is 4.18. The maximum absolute atomic E-state index is 13.2. The van der Waals surface area contributed by atoms with Gasteiger partial charge in [0.1, 0.15) is 5.82 Å². The fourth-order valence-electron chi connectivity index (χ4n) is 3.02. The standard InChI is InChI=1S/C16H24ClFN2/c1-2-9-20(14-6-4-13(19)5-7-14)11-12-3-8-16(18)15(17)10-12/h3,8,10,13-14H,2,4-7,9,11,19H2,1H3. The van der Waals surface area contributed by atoms with E-state index in [0.717, 1.165) is 50.8 Å². The Balaban J connectivity index is 2.02. The Hall–Kier alpha value is -0.640. The van der Waals surface area contributed by atoms with Crippen molar-refractivity contribution in [1.82, 2.24) is 4.90 Å². The van der Waals surface area contributed by atoms with E-state index in [1.54, 1.807) is 6.07 Å². The van der Waals surface area contributed by atoms with Crippen LogP contribution in [-0.2, 0) is 6.54 Å². The van der Waals surface area contributed by atoms with E-state index in [2.05, 4.69) is 11.8 Å². The number of rotatable bonds is 5. The second kappa shape index (κ2) is 7.39. The van der Waals surface area contributed by atoms with Gasteiger partial charge < -0.3 is 5.73 Å². The largest absolute Gasteiger partial charge is 0.328 e. The Bertz CT molecular complexity index is 430. The maximum Gasteiger partial charge on any atom is 0.141 e. The van der Waals surface area contributed by atoms with Crippen LogP contribution >= 0.6 is 11.6 Å². The molecule has 0 radical (unpaired) electrons. The Morgan fingerprint density at radius 1 is 1.30 bits per heavy atom. The van der Waals surface area contributed by atoms with Crippen LogP contribution in [0.3, 0.4) is 0 Å². The lowest BCUT2D eigenvalue weighted by Gasteiger charge is -2.36. The highest BCUT2D eigenvalue weighted by Gasteiger charge is 2.23. The minimum atomic E-state index is -0.346. The summed E-state index contributed by atoms with van der Waals surface area (Å²) in [5, 5.41) is 0.213. The van der Waals surface area contributed by atoms with E-state index in [1.807, 2.05) is 6.07 Å². The number of nitrogens with zero attached hydrogens (tertiary/aromatic N) is 1. The van der Waals surface area contributed by atoms with Crippen LogP contribution in [0.15, 0.2) is 18.2 Å². The van der Waals surface area contributed by atoms with Gasteiger partial charge in [0.25, 0.3) is 0 Å². The van der Waals surface area contributed by atoms with Gasteiger partial charge in [-0.1, -0.05) is 24.6 Å². The molecule has 2 N–H and O–H groups in total. The molecule has 1 aliphatic rings. The molecule has 2 nitrogen and oxygen atoms in total. The molecule has 1 fully saturated rings. The topological polar surface area (TPSA) is 29.3 Å². The van der Waals surface area contributed by atoms with Gasteiger partial charge >= 0.3 is 0 Å². The number of hydrogen-bond donors (Lipinski definition) is 1. The zero-order chi connectivity index (χ0) is 14.5. The Morgan fingerprint density at radius 3 is 2.60 bits per heavy atom. The normalized spacial score (nSPS) is 23.2. The minimum Gasteiger partial charge on any atom is -0.328 e. The molecule has 1 aliphatic carbocycles. The highest BCUT2D eigenvalue weighted by atomic mass is 35.5. The van der Waals surface area contributed by atoms with Crippen LogP contribution < -0.4 is 5.73 Å². The fraction of sp³-hybridized carbons (Fsp3) is 0.625. The molecule has 0 spiro atoms. The summed E-state index contributed by atoms with van der Waals surface area (Å²) < 4.78 is 13.2. The second-order valence-corrected chi connectivity index (χ2v) is 6.19. The SMILES string of the molecule is CCCN(Cc1ccc(F)c(Cl)c1)C1CCC(N)CC1. The molecule has 1 saturated carbocycles. The summed E-state index contributed by atoms with van der Waals surface area (Å²) in [6.45, 7) is 4.10. The summed E-state index contributed by atoms with van der Waals surface area (Å²) in [5.41, 5.74) is 7.07. The second-order valence-electron chi connectivity index (χ2n) is 5.79. The highest BCUT2D eigenvalue weighted by Crippen LogP contribution is 2.25. The van der Waals surface area contributed by atoms with Crippen molar-refractivity contribution in [3.05, 3.63) is 34.6 Å². The average molecular weight is 299 g/mol. The van der Waals surface area contributed by atoms with E-state index >= 15 is 0 Å². The third-order valence-electron chi connectivity index (χ3n) is 4.14. The average Bonchev–Trinajstić information content (AvgIpc) is 2.43. The van der Waals surface area contributed by atoms with Crippen LogP contribution in [0.2, 0.25) is 5.02 Å². The number of nitrogens with two attached hydrogens (primary N) is 1. The molecule has 112 valence electrons. The van der Waals surface area contributed by atoms with Gasteiger partial charge in [-0.2, -0.15) is 0 Å². The van der Waals surface area contributed by atoms with Crippen molar-refractivity contribution in [2.24, 2.45) is 5.73 Å². The van der Waals surface area contributed by atoms with E-state index in [-0.39, 0.29) is 10.8 Å². The van der Waals surface area contributed by atoms with Crippen LogP contribution in [-0.4, -0.2) is 23.5 Å². The minimum absolute atomic E-state index is 0.213. The van der Waals surface area contributed by atoms with Crippen molar-refractivity contribution < 1.29 is 4.39 Å². The molecule has 1 aromatic carbocycles. The molecule has 0 amide bonds. The monoisotopic (exact) mass is 298 g/mol. The molecule has 20 heavy (non-hydrogen) atoms. The number of halogens is 2. The first-order valence-electron chi connectivity index (χ1n) is 7.53. The van der Waals surface area contributed by atoms with E-state index in [0.29, 0.717) is 12.1 Å². The van der Waals surface area contributed by atoms with Gasteiger partial charge in [0.05, 0.1) is 5.02 Å². The Morgan fingerprint density at radius 2 is 2.00 bits per heavy atom. The van der Waals surface area contributed by atoms with Crippen molar-refractivity contribution in [2.75, 3.05) is 6.54 Å². The van der Waals surface area contributed by atoms with Crippen LogP contribution in [0.1, 0.15) is 44.6 Å². The van der Waals surface area contributed by atoms with E-state index in [9.17, 15) is 4.39 Å². The molecular formula is C16H24ClFN2. The third-order valence-corrected chi connectivity index (χ3v) is 4.43. The molecule has 4 heteroatoms. The predicted molar refractivity (Wildman–Crippen MR) is 82.3 cm³/mol. The van der Waals surface area contributed by atoms with Crippen LogP contribution in [0.4, 0.5) is 4.39 Å². The molecule has 0 aliphatic heterocycles. The molecule has 0 saturated heterocycles. The van der Waals surface area contributed by atoms with Crippen LogP contribution in [0.25, 0.3) is 0 Å². The van der Waals surface area contributed by atoms with Gasteiger partial charge in [-0.3, -0.25) is 4.90 Å². The van der Waals surface area contributed by atoms with Gasteiger partial charge in [-0.05, 0) is 56.3 Å². The lowest BCUT2D eigenvalue weighted by Crippen LogP contribution is -2.40. The first-order valence-corrected chi connectivity index (χ1v) is 7.91. The lowest BCUT2D eigenvalue weighted by molar-refractivity contribution is 0.142. The summed E-state index contributed by atoms with van der Waals surface area (Å²) in [5.74, 6) is -0.346. The lowest BCUT2D eigenvalue weighted by atomic mass is 9.90. The van der Waals surface area contributed by atoms with Crippen molar-refractivity contribution in [3.8, 4) is 0 Å². The van der Waals surface area contributed by atoms with Gasteiger partial charge in [-0.25, -0.2) is 4.39 Å². The number of benzene rings is 1. The summed E-state index contributed by atoms with van der Waals surface area (Å²) in [7, 11) is 0. The summed E-state index contributed by atoms with van der Waals surface area (Å²) >= 11 is 5.87. The molecule has 0 atom stereocenters. The fourth-order valence-corrected chi connectivity index (χ4v) is 3.22. The molecule has 0 unspecified atom stereocenters. The molecule has 0 bridgehead atoms. The zero-order valence-corrected chi connectivity index (χ0v) is 12.9. The quantitative estimate of drug-likeness (QED) is 0.891. The molecular weight excluding hydrogens is 275 g/mol. The Labute approximate surface area is 126 Å². The smallest absolute Gasteiger partial charge is 0.141 e. The van der Waals surface area contributed by atoms with E-state index in [4.69, 9.17) is 17.3 Å². The van der Waals surface area contributed by atoms with Crippen molar-refractivity contribution in [1.29, 1.82) is 0 Å². The van der Waals surface area contributed by atoms with Gasteiger partial charge in [0.2, 0.25) is 0 Å². The first-order chi connectivity index (χ1) is 9.60. The van der Waals surface area contributed by atoms with Gasteiger partial charge in [-0.15, -0.1) is 0 Å². The Kier molecular flexibility index (Phi) is 5.82. The molecule has 0 heterocycles. The molecule has 2 rings (SSSR count). The summed E-state index contributed by atoms with van der Waals surface area (Å²) in [6, 6.07) is 6.00. The van der Waals surface area contributed by atoms with E-state index in [1.165, 1.54) is 6.07 Å². The van der Waals surface area contributed by atoms with E-state index < -0.39 is 0 Å². The van der Waals surface area contributed by atoms with Gasteiger partial charge in [0.15, 0.2) is 0 Å².